The summed E-state index contributed by atoms with van der Waals surface area (Å²) in [6.07, 6.45) is 2.33. The van der Waals surface area contributed by atoms with Crippen LogP contribution in [0.5, 0.6) is 0 Å². The van der Waals surface area contributed by atoms with Gasteiger partial charge in [-0.25, -0.2) is 0 Å². The molecule has 0 saturated heterocycles. The Morgan fingerprint density at radius 2 is 1.70 bits per heavy atom. The minimum Gasteiger partial charge on any atom is -0.356 e. The molecular formula is C29H29N3O. The van der Waals surface area contributed by atoms with Crippen molar-refractivity contribution in [2.75, 3.05) is 17.3 Å². The molecule has 0 radical (unpaired) electrons. The maximum absolute atomic E-state index is 12.6. The molecule has 1 aliphatic carbocycles. The number of rotatable bonds is 7. The molecule has 0 bridgehead atoms. The summed E-state index contributed by atoms with van der Waals surface area (Å²) in [6.45, 7) is 7.06. The molecule has 0 aliphatic heterocycles. The second-order valence-corrected chi connectivity index (χ2v) is 8.73. The number of para-hydroxylation sites is 1. The summed E-state index contributed by atoms with van der Waals surface area (Å²) in [4.78, 5) is 14.7. The summed E-state index contributed by atoms with van der Waals surface area (Å²) in [5.74, 6) is 0.514. The summed E-state index contributed by atoms with van der Waals surface area (Å²) < 4.78 is 1.86. The average molecular weight is 436 g/mol. The van der Waals surface area contributed by atoms with Crippen LogP contribution in [-0.4, -0.2) is 11.6 Å². The molecule has 4 nitrogen and oxygen atoms in total. The number of hydrogen-bond acceptors (Lipinski definition) is 3. The van der Waals surface area contributed by atoms with Crippen molar-refractivity contribution < 1.29 is 0 Å². The molecule has 33 heavy (non-hydrogen) atoms. The second-order valence-electron chi connectivity index (χ2n) is 8.73. The van der Waals surface area contributed by atoms with Gasteiger partial charge in [0.15, 0.2) is 0 Å². The summed E-state index contributed by atoms with van der Waals surface area (Å²) in [5.41, 5.74) is 7.48. The van der Waals surface area contributed by atoms with Crippen molar-refractivity contribution in [3.63, 3.8) is 0 Å². The smallest absolute Gasteiger partial charge is 0.251 e. The number of aromatic nitrogens is 1. The predicted molar refractivity (Wildman–Crippen MR) is 139 cm³/mol. The predicted octanol–water partition coefficient (Wildman–Crippen LogP) is 6.75. The molecule has 166 valence electrons. The van der Waals surface area contributed by atoms with Gasteiger partial charge in [0.25, 0.3) is 5.56 Å². The van der Waals surface area contributed by atoms with E-state index in [4.69, 9.17) is 0 Å². The third-order valence-corrected chi connectivity index (χ3v) is 6.53. The summed E-state index contributed by atoms with van der Waals surface area (Å²) in [7, 11) is 2.05. The number of benzene rings is 3. The Labute approximate surface area is 194 Å². The summed E-state index contributed by atoms with van der Waals surface area (Å²) in [5, 5.41) is 4.60. The lowest BCUT2D eigenvalue weighted by Gasteiger charge is -2.24. The van der Waals surface area contributed by atoms with Crippen LogP contribution in [0, 0.1) is 0 Å². The third-order valence-electron chi connectivity index (χ3n) is 6.53. The molecule has 1 aliphatic rings. The van der Waals surface area contributed by atoms with Gasteiger partial charge in [0.2, 0.25) is 0 Å². The first-order valence-electron chi connectivity index (χ1n) is 11.6. The van der Waals surface area contributed by atoms with Crippen molar-refractivity contribution >= 4 is 33.7 Å². The average Bonchev–Trinajstić information content (AvgIpc) is 3.69. The van der Waals surface area contributed by atoms with Crippen LogP contribution >= 0.6 is 0 Å². The van der Waals surface area contributed by atoms with E-state index in [1.165, 1.54) is 23.8 Å². The number of nitrogens with one attached hydrogen (secondary N) is 1. The molecule has 4 aromatic rings. The van der Waals surface area contributed by atoms with Crippen LogP contribution in [0.25, 0.3) is 16.6 Å². The van der Waals surface area contributed by atoms with Gasteiger partial charge in [-0.05, 0) is 79.3 Å². The van der Waals surface area contributed by atoms with Crippen LogP contribution < -0.4 is 15.8 Å². The maximum atomic E-state index is 12.6. The number of nitrogens with zero attached hydrogens (tertiary/aromatic N) is 2. The molecular weight excluding hydrogens is 406 g/mol. The van der Waals surface area contributed by atoms with Gasteiger partial charge < -0.3 is 14.8 Å². The Balaban J connectivity index is 1.43. The van der Waals surface area contributed by atoms with Crippen molar-refractivity contribution in [3.8, 4) is 0 Å². The van der Waals surface area contributed by atoms with Crippen LogP contribution in [0.4, 0.5) is 17.1 Å². The second kappa shape index (κ2) is 8.62. The highest BCUT2D eigenvalue weighted by molar-refractivity contribution is 5.89. The zero-order chi connectivity index (χ0) is 22.9. The van der Waals surface area contributed by atoms with E-state index in [1.807, 2.05) is 54.9 Å². The van der Waals surface area contributed by atoms with E-state index in [1.54, 1.807) is 0 Å². The highest BCUT2D eigenvalue weighted by Crippen LogP contribution is 2.43. The van der Waals surface area contributed by atoms with Gasteiger partial charge in [-0.15, -0.1) is 0 Å². The first-order valence-corrected chi connectivity index (χ1v) is 11.6. The normalized spacial score (nSPS) is 13.2. The molecule has 0 spiro atoms. The SMILES string of the molecule is C=C(c1ccc(Nc2ccccc2)cc1)N(C)c1ccc2c(c1)c(C1CC1)cc(=O)n2CC. The Morgan fingerprint density at radius 3 is 2.36 bits per heavy atom. The molecule has 1 saturated carbocycles. The van der Waals surface area contributed by atoms with Crippen molar-refractivity contribution in [3.05, 3.63) is 107 Å². The number of aryl methyl sites for hydroxylation is 1. The summed E-state index contributed by atoms with van der Waals surface area (Å²) >= 11 is 0. The molecule has 0 amide bonds. The monoisotopic (exact) mass is 435 g/mol. The van der Waals surface area contributed by atoms with Gasteiger partial charge in [-0.3, -0.25) is 4.79 Å². The molecule has 3 aromatic carbocycles. The third kappa shape index (κ3) is 4.17. The topological polar surface area (TPSA) is 37.3 Å². The van der Waals surface area contributed by atoms with Crippen molar-refractivity contribution in [2.24, 2.45) is 0 Å². The van der Waals surface area contributed by atoms with E-state index in [-0.39, 0.29) is 5.56 Å². The van der Waals surface area contributed by atoms with Crippen LogP contribution in [0.2, 0.25) is 0 Å². The molecule has 1 fully saturated rings. The lowest BCUT2D eigenvalue weighted by Crippen LogP contribution is -2.20. The van der Waals surface area contributed by atoms with E-state index in [0.29, 0.717) is 12.5 Å². The van der Waals surface area contributed by atoms with E-state index in [0.717, 1.165) is 33.8 Å². The van der Waals surface area contributed by atoms with Gasteiger partial charge in [0.1, 0.15) is 0 Å². The van der Waals surface area contributed by atoms with Crippen molar-refractivity contribution in [1.82, 2.24) is 4.57 Å². The van der Waals surface area contributed by atoms with E-state index in [9.17, 15) is 4.79 Å². The van der Waals surface area contributed by atoms with E-state index >= 15 is 0 Å². The minimum absolute atomic E-state index is 0.0987. The van der Waals surface area contributed by atoms with Gasteiger partial charge in [0.05, 0.1) is 5.52 Å². The molecule has 5 rings (SSSR count). The van der Waals surface area contributed by atoms with Crippen LogP contribution in [0.1, 0.15) is 36.8 Å². The fourth-order valence-electron chi connectivity index (χ4n) is 4.45. The fourth-order valence-corrected chi connectivity index (χ4v) is 4.45. The fraction of sp³-hybridized carbons (Fsp3) is 0.207. The highest BCUT2D eigenvalue weighted by Gasteiger charge is 2.27. The van der Waals surface area contributed by atoms with Gasteiger partial charge in [0, 0.05) is 47.8 Å². The number of pyridine rings is 1. The van der Waals surface area contributed by atoms with Gasteiger partial charge in [-0.1, -0.05) is 36.9 Å². The molecule has 0 unspecified atom stereocenters. The number of hydrogen-bond donors (Lipinski definition) is 1. The molecule has 0 atom stereocenters. The lowest BCUT2D eigenvalue weighted by molar-refractivity contribution is 0.757. The van der Waals surface area contributed by atoms with Gasteiger partial charge >= 0.3 is 0 Å². The lowest BCUT2D eigenvalue weighted by atomic mass is 10.0. The van der Waals surface area contributed by atoms with Crippen molar-refractivity contribution in [1.29, 1.82) is 0 Å². The number of anilines is 3. The first kappa shape index (κ1) is 21.1. The Hall–Kier alpha value is -3.79. The first-order chi connectivity index (χ1) is 16.0. The zero-order valence-corrected chi connectivity index (χ0v) is 19.2. The largest absolute Gasteiger partial charge is 0.356 e. The van der Waals surface area contributed by atoms with Crippen molar-refractivity contribution in [2.45, 2.75) is 32.2 Å². The Bertz CT molecular complexity index is 1370. The summed E-state index contributed by atoms with van der Waals surface area (Å²) in [6, 6.07) is 26.7. The highest BCUT2D eigenvalue weighted by atomic mass is 16.1. The Kier molecular flexibility index (Phi) is 5.51. The zero-order valence-electron chi connectivity index (χ0n) is 19.2. The van der Waals surface area contributed by atoms with Crippen LogP contribution in [-0.2, 0) is 6.54 Å². The minimum atomic E-state index is 0.0987. The standard InChI is InChI=1S/C29H29N3O/c1-4-32-28-17-16-25(18-27(28)26(19-29(32)33)22-10-11-22)31(3)20(2)21-12-14-24(15-13-21)30-23-8-6-5-7-9-23/h5-9,12-19,22,30H,2,4,10-11H2,1,3H3. The van der Waals surface area contributed by atoms with E-state index < -0.39 is 0 Å². The van der Waals surface area contributed by atoms with Gasteiger partial charge in [-0.2, -0.15) is 0 Å². The molecule has 1 heterocycles. The van der Waals surface area contributed by atoms with Crippen LogP contribution in [0.3, 0.4) is 0 Å². The number of fused-ring (bicyclic) bond motifs is 1. The Morgan fingerprint density at radius 1 is 1.00 bits per heavy atom. The van der Waals surface area contributed by atoms with E-state index in [2.05, 4.69) is 59.3 Å². The quantitative estimate of drug-likeness (QED) is 0.349. The maximum Gasteiger partial charge on any atom is 0.251 e. The van der Waals surface area contributed by atoms with Crippen LogP contribution in [0.15, 0.2) is 90.2 Å². The molecule has 1 N–H and O–H groups in total. The molecule has 4 heteroatoms. The molecule has 1 aromatic heterocycles.